The van der Waals surface area contributed by atoms with Crippen LogP contribution in [0.25, 0.3) is 5.57 Å². The fourth-order valence-corrected chi connectivity index (χ4v) is 3.40. The van der Waals surface area contributed by atoms with Gasteiger partial charge in [0.1, 0.15) is 0 Å². The largest absolute Gasteiger partial charge is 0.384 e. The quantitative estimate of drug-likeness (QED) is 0.708. The predicted molar refractivity (Wildman–Crippen MR) is 97.7 cm³/mol. The van der Waals surface area contributed by atoms with Gasteiger partial charge in [-0.2, -0.15) is 0 Å². The van der Waals surface area contributed by atoms with Crippen LogP contribution in [0.15, 0.2) is 43.1 Å². The molecule has 0 aliphatic heterocycles. The molecule has 0 saturated heterocycles. The van der Waals surface area contributed by atoms with Gasteiger partial charge in [0.25, 0.3) is 0 Å². The summed E-state index contributed by atoms with van der Waals surface area (Å²) in [5, 5.41) is 3.54. The van der Waals surface area contributed by atoms with Crippen molar-refractivity contribution < 1.29 is 0 Å². The van der Waals surface area contributed by atoms with Crippen molar-refractivity contribution in [1.82, 2.24) is 5.32 Å². The van der Waals surface area contributed by atoms with Crippen LogP contribution < -0.4 is 5.32 Å². The Bertz CT molecular complexity index is 515. The van der Waals surface area contributed by atoms with Crippen molar-refractivity contribution in [3.05, 3.63) is 54.2 Å². The third-order valence-corrected chi connectivity index (χ3v) is 5.38. The Morgan fingerprint density at radius 1 is 1.09 bits per heavy atom. The number of allylic oxidation sites excluding steroid dienone is 1. The first-order chi connectivity index (χ1) is 10.4. The molecule has 0 amide bonds. The van der Waals surface area contributed by atoms with Gasteiger partial charge in [0.05, 0.1) is 0 Å². The van der Waals surface area contributed by atoms with Crippen molar-refractivity contribution in [3.63, 3.8) is 0 Å². The molecular weight excluding hydrogens is 266 g/mol. The third kappa shape index (κ3) is 4.03. The molecule has 1 aromatic rings. The lowest BCUT2D eigenvalue weighted by molar-refractivity contribution is 0.189. The molecule has 0 unspecified atom stereocenters. The summed E-state index contributed by atoms with van der Waals surface area (Å²) in [6, 6.07) is 8.57. The molecule has 1 fully saturated rings. The summed E-state index contributed by atoms with van der Waals surface area (Å²) >= 11 is 0. The monoisotopic (exact) mass is 297 g/mol. The first-order valence-electron chi connectivity index (χ1n) is 8.59. The van der Waals surface area contributed by atoms with Gasteiger partial charge in [-0.1, -0.05) is 76.1 Å². The molecule has 1 saturated carbocycles. The van der Waals surface area contributed by atoms with Crippen LogP contribution in [-0.4, -0.2) is 6.54 Å². The number of nitrogens with one attached hydrogen (secondary N) is 1. The van der Waals surface area contributed by atoms with E-state index in [0.717, 1.165) is 23.7 Å². The number of hydrogen-bond acceptors (Lipinski definition) is 1. The lowest BCUT2D eigenvalue weighted by Gasteiger charge is -2.39. The second-order valence-corrected chi connectivity index (χ2v) is 7.36. The van der Waals surface area contributed by atoms with E-state index in [1.54, 1.807) is 0 Å². The normalized spacial score (nSPS) is 16.3. The second-order valence-electron chi connectivity index (χ2n) is 7.36. The van der Waals surface area contributed by atoms with E-state index in [-0.39, 0.29) is 5.41 Å². The zero-order valence-corrected chi connectivity index (χ0v) is 14.5. The Morgan fingerprint density at radius 3 is 2.27 bits per heavy atom. The fraction of sp³-hybridized carbons (Fsp3) is 0.524. The van der Waals surface area contributed by atoms with Crippen LogP contribution >= 0.6 is 0 Å². The molecule has 1 N–H and O–H groups in total. The molecule has 1 heteroatoms. The molecule has 1 aliphatic rings. The van der Waals surface area contributed by atoms with E-state index < -0.39 is 0 Å². The van der Waals surface area contributed by atoms with Crippen LogP contribution in [0.4, 0.5) is 0 Å². The van der Waals surface area contributed by atoms with Gasteiger partial charge in [-0.25, -0.2) is 0 Å². The summed E-state index contributed by atoms with van der Waals surface area (Å²) in [4.78, 5) is 0. The summed E-state index contributed by atoms with van der Waals surface area (Å²) in [7, 11) is 0. The first-order valence-corrected chi connectivity index (χ1v) is 8.59. The SMILES string of the molecule is C=C(CNC(=C)C(C)(C)C1CCCCC1)c1ccc(C)cc1. The highest BCUT2D eigenvalue weighted by atomic mass is 14.9. The van der Waals surface area contributed by atoms with Crippen LogP contribution in [0.3, 0.4) is 0 Å². The Kier molecular flexibility index (Phi) is 5.50. The predicted octanol–water partition coefficient (Wildman–Crippen LogP) is 5.72. The summed E-state index contributed by atoms with van der Waals surface area (Å²) in [5.74, 6) is 0.758. The van der Waals surface area contributed by atoms with E-state index in [0.29, 0.717) is 0 Å². The molecule has 0 atom stereocenters. The molecule has 0 heterocycles. The van der Waals surface area contributed by atoms with Gasteiger partial charge < -0.3 is 5.32 Å². The summed E-state index contributed by atoms with van der Waals surface area (Å²) in [6.45, 7) is 16.1. The Morgan fingerprint density at radius 2 is 1.68 bits per heavy atom. The molecule has 1 aromatic carbocycles. The van der Waals surface area contributed by atoms with E-state index in [4.69, 9.17) is 0 Å². The maximum absolute atomic E-state index is 4.33. The highest BCUT2D eigenvalue weighted by molar-refractivity contribution is 5.65. The molecule has 22 heavy (non-hydrogen) atoms. The fourth-order valence-electron chi connectivity index (χ4n) is 3.40. The molecule has 0 radical (unpaired) electrons. The molecule has 2 rings (SSSR count). The molecule has 1 nitrogen and oxygen atoms in total. The number of benzene rings is 1. The summed E-state index contributed by atoms with van der Waals surface area (Å²) in [6.07, 6.45) is 6.82. The molecular formula is C21H31N. The van der Waals surface area contributed by atoms with E-state index in [9.17, 15) is 0 Å². The average Bonchev–Trinajstić information content (AvgIpc) is 2.53. The van der Waals surface area contributed by atoms with E-state index >= 15 is 0 Å². The number of hydrogen-bond donors (Lipinski definition) is 1. The highest BCUT2D eigenvalue weighted by Crippen LogP contribution is 2.41. The zero-order chi connectivity index (χ0) is 16.2. The van der Waals surface area contributed by atoms with E-state index in [2.05, 4.69) is 63.5 Å². The van der Waals surface area contributed by atoms with Gasteiger partial charge in [0, 0.05) is 17.7 Å². The van der Waals surface area contributed by atoms with Crippen molar-refractivity contribution in [2.45, 2.75) is 52.9 Å². The van der Waals surface area contributed by atoms with Crippen LogP contribution in [0.5, 0.6) is 0 Å². The molecule has 0 spiro atoms. The van der Waals surface area contributed by atoms with Gasteiger partial charge in [-0.15, -0.1) is 0 Å². The number of rotatable bonds is 6. The molecule has 1 aliphatic carbocycles. The van der Waals surface area contributed by atoms with Gasteiger partial charge >= 0.3 is 0 Å². The van der Waals surface area contributed by atoms with E-state index in [1.807, 2.05) is 0 Å². The lowest BCUT2D eigenvalue weighted by Crippen LogP contribution is -2.34. The standard InChI is InChI=1S/C21H31N/c1-16-11-13-19(14-12-16)17(2)15-22-18(3)21(4,5)20-9-7-6-8-10-20/h11-14,20,22H,2-3,6-10,15H2,1,4-5H3. The van der Waals surface area contributed by atoms with Crippen LogP contribution in [0.1, 0.15) is 57.1 Å². The van der Waals surface area contributed by atoms with Crippen molar-refractivity contribution in [3.8, 4) is 0 Å². The van der Waals surface area contributed by atoms with Gasteiger partial charge in [0.15, 0.2) is 0 Å². The zero-order valence-electron chi connectivity index (χ0n) is 14.5. The Balaban J connectivity index is 1.91. The minimum Gasteiger partial charge on any atom is -0.384 e. The summed E-state index contributed by atoms with van der Waals surface area (Å²) in [5.41, 5.74) is 4.94. The van der Waals surface area contributed by atoms with Crippen LogP contribution in [0.2, 0.25) is 0 Å². The van der Waals surface area contributed by atoms with Gasteiger partial charge in [-0.3, -0.25) is 0 Å². The molecule has 0 aromatic heterocycles. The number of aryl methyl sites for hydroxylation is 1. The smallest absolute Gasteiger partial charge is 0.0397 e. The summed E-state index contributed by atoms with van der Waals surface area (Å²) < 4.78 is 0. The first kappa shape index (κ1) is 16.9. The van der Waals surface area contributed by atoms with E-state index in [1.165, 1.54) is 43.2 Å². The van der Waals surface area contributed by atoms with Crippen molar-refractivity contribution in [1.29, 1.82) is 0 Å². The Labute approximate surface area is 136 Å². The minimum atomic E-state index is 0.161. The average molecular weight is 297 g/mol. The minimum absolute atomic E-state index is 0.161. The topological polar surface area (TPSA) is 12.0 Å². The Hall–Kier alpha value is -1.50. The van der Waals surface area contributed by atoms with Crippen molar-refractivity contribution >= 4 is 5.57 Å². The maximum Gasteiger partial charge on any atom is 0.0397 e. The maximum atomic E-state index is 4.33. The van der Waals surface area contributed by atoms with Gasteiger partial charge in [0.2, 0.25) is 0 Å². The lowest BCUT2D eigenvalue weighted by atomic mass is 9.69. The molecule has 0 bridgehead atoms. The third-order valence-electron chi connectivity index (χ3n) is 5.38. The van der Waals surface area contributed by atoms with Crippen LogP contribution in [-0.2, 0) is 0 Å². The molecule has 120 valence electrons. The van der Waals surface area contributed by atoms with Crippen molar-refractivity contribution in [2.75, 3.05) is 6.54 Å². The second kappa shape index (κ2) is 7.17. The van der Waals surface area contributed by atoms with Crippen LogP contribution in [0, 0.1) is 18.3 Å². The highest BCUT2D eigenvalue weighted by Gasteiger charge is 2.32. The van der Waals surface area contributed by atoms with Crippen molar-refractivity contribution in [2.24, 2.45) is 11.3 Å². The van der Waals surface area contributed by atoms with Gasteiger partial charge in [-0.05, 0) is 36.8 Å².